The van der Waals surface area contributed by atoms with Gasteiger partial charge in [0.15, 0.2) is 5.76 Å². The Morgan fingerprint density at radius 3 is 2.81 bits per heavy atom. The zero-order chi connectivity index (χ0) is 22.0. The highest BCUT2D eigenvalue weighted by Gasteiger charge is 2.22. The number of amides is 1. The van der Waals surface area contributed by atoms with Gasteiger partial charge in [-0.3, -0.25) is 10.2 Å². The van der Waals surface area contributed by atoms with E-state index in [1.165, 1.54) is 11.8 Å². The van der Waals surface area contributed by atoms with Gasteiger partial charge in [-0.25, -0.2) is 0 Å². The van der Waals surface area contributed by atoms with Crippen LogP contribution in [0.25, 0.3) is 11.3 Å². The summed E-state index contributed by atoms with van der Waals surface area (Å²) in [5.74, 6) is 0.992. The van der Waals surface area contributed by atoms with Crippen LogP contribution >= 0.6 is 23.4 Å². The number of anilines is 1. The zero-order valence-electron chi connectivity index (χ0n) is 17.7. The molecule has 2 aliphatic heterocycles. The van der Waals surface area contributed by atoms with Gasteiger partial charge in [-0.2, -0.15) is 0 Å². The Morgan fingerprint density at radius 1 is 1.35 bits per heavy atom. The highest BCUT2D eigenvalue weighted by molar-refractivity contribution is 8.05. The zero-order valence-corrected chi connectivity index (χ0v) is 19.2. The van der Waals surface area contributed by atoms with Crippen molar-refractivity contribution in [3.8, 4) is 11.3 Å². The minimum atomic E-state index is -0.148. The summed E-state index contributed by atoms with van der Waals surface area (Å²) in [7, 11) is 3.95. The first kappa shape index (κ1) is 21.8. The van der Waals surface area contributed by atoms with Crippen molar-refractivity contribution in [3.05, 3.63) is 46.6 Å². The van der Waals surface area contributed by atoms with Gasteiger partial charge in [0.1, 0.15) is 11.5 Å². The highest BCUT2D eigenvalue weighted by atomic mass is 35.5. The Labute approximate surface area is 191 Å². The second kappa shape index (κ2) is 9.36. The van der Waals surface area contributed by atoms with Crippen molar-refractivity contribution in [1.82, 2.24) is 15.4 Å². The third kappa shape index (κ3) is 4.91. The van der Waals surface area contributed by atoms with E-state index in [-0.39, 0.29) is 17.2 Å². The molecule has 9 heteroatoms. The molecule has 1 saturated heterocycles. The number of hydrogen-bond donors (Lipinski definition) is 2. The van der Waals surface area contributed by atoms with Gasteiger partial charge in [-0.15, -0.1) is 23.4 Å². The summed E-state index contributed by atoms with van der Waals surface area (Å²) >= 11 is 7.40. The van der Waals surface area contributed by atoms with E-state index in [9.17, 15) is 4.79 Å². The quantitative estimate of drug-likeness (QED) is 0.385. The second-order valence-corrected chi connectivity index (χ2v) is 9.89. The van der Waals surface area contributed by atoms with Gasteiger partial charge in [0.05, 0.1) is 16.2 Å². The van der Waals surface area contributed by atoms with E-state index in [2.05, 4.69) is 15.4 Å². The number of carbonyl (C=O) groups is 1. The van der Waals surface area contributed by atoms with Gasteiger partial charge in [0, 0.05) is 50.1 Å². The molecular weight excluding hydrogens is 434 g/mol. The first-order chi connectivity index (χ1) is 14.9. The summed E-state index contributed by atoms with van der Waals surface area (Å²) in [6, 6.07) is 7.81. The minimum absolute atomic E-state index is 0.0722. The molecule has 1 amide bonds. The number of hydrogen-bond acceptors (Lipinski definition) is 6. The summed E-state index contributed by atoms with van der Waals surface area (Å²) in [4.78, 5) is 17.0. The van der Waals surface area contributed by atoms with E-state index in [1.807, 2.05) is 49.3 Å². The van der Waals surface area contributed by atoms with Crippen molar-refractivity contribution in [3.63, 3.8) is 0 Å². The lowest BCUT2D eigenvalue weighted by Crippen LogP contribution is -2.27. The van der Waals surface area contributed by atoms with E-state index in [0.29, 0.717) is 28.6 Å². The van der Waals surface area contributed by atoms with Crippen LogP contribution in [0, 0.1) is 5.41 Å². The molecule has 4 rings (SSSR count). The highest BCUT2D eigenvalue weighted by Crippen LogP contribution is 2.35. The summed E-state index contributed by atoms with van der Waals surface area (Å²) < 4.78 is 5.39. The molecule has 2 aliphatic rings. The number of carbonyl (C=O) groups excluding carboxylic acids is 1. The maximum atomic E-state index is 12.2. The van der Waals surface area contributed by atoms with Crippen molar-refractivity contribution < 1.29 is 9.32 Å². The third-order valence-electron chi connectivity index (χ3n) is 5.40. The van der Waals surface area contributed by atoms with E-state index in [0.717, 1.165) is 42.7 Å². The molecule has 7 nitrogen and oxygen atoms in total. The van der Waals surface area contributed by atoms with Crippen LogP contribution in [0.5, 0.6) is 0 Å². The van der Waals surface area contributed by atoms with Gasteiger partial charge >= 0.3 is 0 Å². The standard InChI is InChI=1S/C22H26ClN5O2S/c1-27(2)18-11-14(21(24)28-9-3-4-10-28)5-6-16(18)17-12-15(30-26-17)13-25-22(29)19-7-8-20(23)31-19/h5-7,11-12,20,24H,3-4,8-10,13H2,1-2H3,(H,25,29). The maximum absolute atomic E-state index is 12.2. The van der Waals surface area contributed by atoms with E-state index < -0.39 is 0 Å². The molecule has 2 aromatic rings. The van der Waals surface area contributed by atoms with E-state index in [1.54, 1.807) is 0 Å². The number of rotatable bonds is 6. The first-order valence-corrected chi connectivity index (χ1v) is 11.6. The van der Waals surface area contributed by atoms with Crippen LogP contribution in [-0.2, 0) is 11.3 Å². The van der Waals surface area contributed by atoms with Gasteiger partial charge in [-0.1, -0.05) is 17.3 Å². The van der Waals surface area contributed by atoms with Crippen LogP contribution < -0.4 is 10.2 Å². The number of aromatic nitrogens is 1. The van der Waals surface area contributed by atoms with Crippen molar-refractivity contribution in [2.24, 2.45) is 0 Å². The number of amidine groups is 1. The average molecular weight is 460 g/mol. The summed E-state index contributed by atoms with van der Waals surface area (Å²) in [5, 5.41) is 15.6. The molecule has 0 radical (unpaired) electrons. The number of alkyl halides is 1. The van der Waals surface area contributed by atoms with Crippen molar-refractivity contribution >= 4 is 40.8 Å². The number of halogens is 1. The number of allylic oxidation sites excluding steroid dienone is 1. The molecule has 164 valence electrons. The van der Waals surface area contributed by atoms with Crippen LogP contribution in [0.2, 0.25) is 0 Å². The molecule has 1 unspecified atom stereocenters. The van der Waals surface area contributed by atoms with Crippen LogP contribution in [0.1, 0.15) is 30.6 Å². The fraction of sp³-hybridized carbons (Fsp3) is 0.409. The number of benzene rings is 1. The number of likely N-dealkylation sites (tertiary alicyclic amines) is 1. The number of thioether (sulfide) groups is 1. The Kier molecular flexibility index (Phi) is 6.57. The largest absolute Gasteiger partial charge is 0.377 e. The molecule has 3 heterocycles. The van der Waals surface area contributed by atoms with Crippen LogP contribution in [0.3, 0.4) is 0 Å². The predicted molar refractivity (Wildman–Crippen MR) is 126 cm³/mol. The molecule has 1 aromatic heterocycles. The SMILES string of the molecule is CN(C)c1cc(C(=N)N2CCCC2)ccc1-c1cc(CNC(=O)C2=CCC(Cl)S2)on1. The predicted octanol–water partition coefficient (Wildman–Crippen LogP) is 4.03. The summed E-state index contributed by atoms with van der Waals surface area (Å²) in [6.07, 6.45) is 4.83. The van der Waals surface area contributed by atoms with Gasteiger partial charge in [0.25, 0.3) is 5.91 Å². The molecule has 1 atom stereocenters. The molecule has 0 saturated carbocycles. The van der Waals surface area contributed by atoms with Crippen molar-refractivity contribution in [2.75, 3.05) is 32.1 Å². The molecular formula is C22H26ClN5O2S. The van der Waals surface area contributed by atoms with Gasteiger partial charge in [-0.05, 0) is 31.4 Å². The van der Waals surface area contributed by atoms with Crippen molar-refractivity contribution in [2.45, 2.75) is 30.5 Å². The van der Waals surface area contributed by atoms with Crippen LogP contribution in [-0.4, -0.2) is 53.7 Å². The fourth-order valence-electron chi connectivity index (χ4n) is 3.75. The molecule has 0 aliphatic carbocycles. The Morgan fingerprint density at radius 2 is 2.13 bits per heavy atom. The fourth-order valence-corrected chi connectivity index (χ4v) is 4.96. The normalized spacial score (nSPS) is 18.2. The minimum Gasteiger partial charge on any atom is -0.377 e. The smallest absolute Gasteiger partial charge is 0.257 e. The Balaban J connectivity index is 1.48. The molecule has 2 N–H and O–H groups in total. The lowest BCUT2D eigenvalue weighted by molar-refractivity contribution is -0.117. The number of nitrogens with one attached hydrogen (secondary N) is 2. The van der Waals surface area contributed by atoms with Crippen LogP contribution in [0.4, 0.5) is 5.69 Å². The lowest BCUT2D eigenvalue weighted by Gasteiger charge is -2.22. The molecule has 31 heavy (non-hydrogen) atoms. The summed E-state index contributed by atoms with van der Waals surface area (Å²) in [6.45, 7) is 2.14. The Bertz CT molecular complexity index is 1010. The lowest BCUT2D eigenvalue weighted by atomic mass is 10.0. The Hall–Kier alpha value is -2.45. The van der Waals surface area contributed by atoms with Crippen molar-refractivity contribution in [1.29, 1.82) is 5.41 Å². The second-order valence-electron chi connectivity index (χ2n) is 7.86. The molecule has 0 spiro atoms. The topological polar surface area (TPSA) is 85.5 Å². The average Bonchev–Trinajstić information content (AvgIpc) is 3.52. The van der Waals surface area contributed by atoms with Crippen LogP contribution in [0.15, 0.2) is 39.8 Å². The molecule has 1 aromatic carbocycles. The number of nitrogens with zero attached hydrogens (tertiary/aromatic N) is 3. The monoisotopic (exact) mass is 459 g/mol. The van der Waals surface area contributed by atoms with Gasteiger partial charge < -0.3 is 19.6 Å². The third-order valence-corrected chi connectivity index (χ3v) is 6.90. The van der Waals surface area contributed by atoms with Gasteiger partial charge in [0.2, 0.25) is 0 Å². The molecule has 1 fully saturated rings. The van der Waals surface area contributed by atoms with E-state index in [4.69, 9.17) is 21.5 Å². The summed E-state index contributed by atoms with van der Waals surface area (Å²) in [5.41, 5.74) is 3.47. The molecule has 0 bridgehead atoms. The first-order valence-electron chi connectivity index (χ1n) is 10.3. The maximum Gasteiger partial charge on any atom is 0.257 e. The van der Waals surface area contributed by atoms with E-state index >= 15 is 0 Å².